The largest absolute Gasteiger partial charge is 0.417 e. The molecule has 0 heterocycles. The average Bonchev–Trinajstić information content (AvgIpc) is 1.82. The smallest absolute Gasteiger partial charge is 0.204 e. The van der Waals surface area contributed by atoms with Crippen LogP contribution in [-0.2, 0) is 4.43 Å². The molecule has 0 bridgehead atoms. The van der Waals surface area contributed by atoms with Crippen LogP contribution in [0.4, 0.5) is 0 Å². The van der Waals surface area contributed by atoms with Crippen LogP contribution >= 0.6 is 0 Å². The van der Waals surface area contributed by atoms with Crippen molar-refractivity contribution in [3.63, 3.8) is 0 Å². The van der Waals surface area contributed by atoms with E-state index in [9.17, 15) is 0 Å². The lowest BCUT2D eigenvalue weighted by Gasteiger charge is -2.16. The van der Waals surface area contributed by atoms with E-state index >= 15 is 0 Å². The third-order valence-electron chi connectivity index (χ3n) is 1.77. The molecule has 10 heavy (non-hydrogen) atoms. The molecule has 0 amide bonds. The second kappa shape index (κ2) is 4.91. The van der Waals surface area contributed by atoms with Gasteiger partial charge in [-0.3, -0.25) is 0 Å². The molecular formula is C8H19OSi. The van der Waals surface area contributed by atoms with E-state index < -0.39 is 9.04 Å². The summed E-state index contributed by atoms with van der Waals surface area (Å²) in [5.74, 6) is 1.46. The summed E-state index contributed by atoms with van der Waals surface area (Å²) in [6, 6.07) is 0. The van der Waals surface area contributed by atoms with Crippen molar-refractivity contribution in [1.29, 1.82) is 0 Å². The first-order valence-electron chi connectivity index (χ1n) is 3.97. The minimum atomic E-state index is -0.463. The SMILES string of the molecule is CC(C)C(C)CO[Si](C)C. The highest BCUT2D eigenvalue weighted by molar-refractivity contribution is 6.48. The second-order valence-corrected chi connectivity index (χ2v) is 5.55. The van der Waals surface area contributed by atoms with Crippen molar-refractivity contribution in [3.8, 4) is 0 Å². The summed E-state index contributed by atoms with van der Waals surface area (Å²) >= 11 is 0. The summed E-state index contributed by atoms with van der Waals surface area (Å²) in [4.78, 5) is 0. The maximum atomic E-state index is 5.57. The van der Waals surface area contributed by atoms with Crippen molar-refractivity contribution in [2.45, 2.75) is 33.9 Å². The van der Waals surface area contributed by atoms with Crippen molar-refractivity contribution >= 4 is 9.04 Å². The third-order valence-corrected chi connectivity index (χ3v) is 2.52. The topological polar surface area (TPSA) is 9.23 Å². The molecule has 0 aromatic carbocycles. The molecule has 0 aromatic heterocycles. The third kappa shape index (κ3) is 5.00. The molecule has 0 aromatic rings. The molecule has 0 N–H and O–H groups in total. The molecule has 1 unspecified atom stereocenters. The van der Waals surface area contributed by atoms with E-state index in [1.165, 1.54) is 0 Å². The Balaban J connectivity index is 3.30. The Labute approximate surface area is 66.5 Å². The first kappa shape index (κ1) is 10.2. The second-order valence-electron chi connectivity index (χ2n) is 3.44. The summed E-state index contributed by atoms with van der Waals surface area (Å²) in [5.41, 5.74) is 0. The summed E-state index contributed by atoms with van der Waals surface area (Å²) in [6.45, 7) is 12.0. The van der Waals surface area contributed by atoms with Crippen molar-refractivity contribution in [2.24, 2.45) is 11.8 Å². The molecule has 0 aliphatic carbocycles. The van der Waals surface area contributed by atoms with Crippen molar-refractivity contribution in [1.82, 2.24) is 0 Å². The molecule has 2 heteroatoms. The lowest BCUT2D eigenvalue weighted by molar-refractivity contribution is 0.226. The fourth-order valence-corrected chi connectivity index (χ4v) is 1.09. The fraction of sp³-hybridized carbons (Fsp3) is 1.00. The Hall–Kier alpha value is 0.177. The van der Waals surface area contributed by atoms with Gasteiger partial charge in [-0.1, -0.05) is 20.8 Å². The molecule has 61 valence electrons. The number of hydrogen-bond donors (Lipinski definition) is 0. The Morgan fingerprint density at radius 3 is 2.00 bits per heavy atom. The van der Waals surface area contributed by atoms with Gasteiger partial charge in [-0.15, -0.1) is 0 Å². The predicted molar refractivity (Wildman–Crippen MR) is 47.4 cm³/mol. The molecule has 1 radical (unpaired) electrons. The van der Waals surface area contributed by atoms with Crippen molar-refractivity contribution in [3.05, 3.63) is 0 Å². The fourth-order valence-electron chi connectivity index (χ4n) is 0.491. The minimum absolute atomic E-state index is 0.463. The number of rotatable bonds is 4. The lowest BCUT2D eigenvalue weighted by atomic mass is 10.00. The minimum Gasteiger partial charge on any atom is -0.417 e. The average molecular weight is 159 g/mol. The van der Waals surface area contributed by atoms with Crippen molar-refractivity contribution < 1.29 is 4.43 Å². The van der Waals surface area contributed by atoms with Gasteiger partial charge in [0.2, 0.25) is 9.04 Å². The highest BCUT2D eigenvalue weighted by atomic mass is 28.3. The Morgan fingerprint density at radius 1 is 1.20 bits per heavy atom. The van der Waals surface area contributed by atoms with Gasteiger partial charge in [0.1, 0.15) is 0 Å². The highest BCUT2D eigenvalue weighted by Gasteiger charge is 2.07. The molecular weight excluding hydrogens is 140 g/mol. The van der Waals surface area contributed by atoms with E-state index in [1.54, 1.807) is 0 Å². The van der Waals surface area contributed by atoms with Gasteiger partial charge in [-0.2, -0.15) is 0 Å². The maximum Gasteiger partial charge on any atom is 0.204 e. The van der Waals surface area contributed by atoms with Gasteiger partial charge in [0.15, 0.2) is 0 Å². The van der Waals surface area contributed by atoms with Crippen LogP contribution in [-0.4, -0.2) is 15.6 Å². The molecule has 0 rings (SSSR count). The van der Waals surface area contributed by atoms with Crippen LogP contribution in [0.1, 0.15) is 20.8 Å². The molecule has 1 nitrogen and oxygen atoms in total. The van der Waals surface area contributed by atoms with Gasteiger partial charge in [-0.25, -0.2) is 0 Å². The van der Waals surface area contributed by atoms with Gasteiger partial charge >= 0.3 is 0 Å². The van der Waals surface area contributed by atoms with Gasteiger partial charge in [-0.05, 0) is 24.9 Å². The van der Waals surface area contributed by atoms with E-state index in [0.717, 1.165) is 12.5 Å². The van der Waals surface area contributed by atoms with E-state index in [-0.39, 0.29) is 0 Å². The van der Waals surface area contributed by atoms with Gasteiger partial charge in [0.25, 0.3) is 0 Å². The number of hydrogen-bond acceptors (Lipinski definition) is 1. The van der Waals surface area contributed by atoms with Crippen LogP contribution in [0, 0.1) is 11.8 Å². The molecule has 0 aliphatic rings. The predicted octanol–water partition coefficient (Wildman–Crippen LogP) is 2.55. The Morgan fingerprint density at radius 2 is 1.70 bits per heavy atom. The van der Waals surface area contributed by atoms with E-state index in [4.69, 9.17) is 4.43 Å². The maximum absolute atomic E-state index is 5.57. The summed E-state index contributed by atoms with van der Waals surface area (Å²) in [7, 11) is -0.463. The zero-order valence-corrected chi connectivity index (χ0v) is 8.77. The lowest BCUT2D eigenvalue weighted by Crippen LogP contribution is -2.17. The van der Waals surface area contributed by atoms with Crippen LogP contribution in [0.2, 0.25) is 13.1 Å². The molecule has 1 atom stereocenters. The van der Waals surface area contributed by atoms with Crippen molar-refractivity contribution in [2.75, 3.05) is 6.61 Å². The first-order chi connectivity index (χ1) is 4.54. The summed E-state index contributed by atoms with van der Waals surface area (Å²) in [5, 5.41) is 0. The van der Waals surface area contributed by atoms with Gasteiger partial charge in [0, 0.05) is 6.61 Å². The van der Waals surface area contributed by atoms with Crippen LogP contribution < -0.4 is 0 Å². The normalized spacial score (nSPS) is 14.7. The van der Waals surface area contributed by atoms with Gasteiger partial charge in [0.05, 0.1) is 0 Å². The van der Waals surface area contributed by atoms with Crippen LogP contribution in [0.25, 0.3) is 0 Å². The highest BCUT2D eigenvalue weighted by Crippen LogP contribution is 2.09. The summed E-state index contributed by atoms with van der Waals surface area (Å²) in [6.07, 6.45) is 0. The zero-order valence-electron chi connectivity index (χ0n) is 7.77. The quantitative estimate of drug-likeness (QED) is 0.573. The standard InChI is InChI=1S/C8H19OSi/c1-7(2)8(3)6-9-10(4)5/h7-8H,6H2,1-5H3. The van der Waals surface area contributed by atoms with E-state index in [0.29, 0.717) is 5.92 Å². The monoisotopic (exact) mass is 159 g/mol. The molecule has 0 fully saturated rings. The van der Waals surface area contributed by atoms with Crippen LogP contribution in [0.5, 0.6) is 0 Å². The zero-order chi connectivity index (χ0) is 8.15. The van der Waals surface area contributed by atoms with Crippen LogP contribution in [0.15, 0.2) is 0 Å². The molecule has 0 saturated carbocycles. The molecule has 0 saturated heterocycles. The molecule has 0 aliphatic heterocycles. The van der Waals surface area contributed by atoms with E-state index in [1.807, 2.05) is 0 Å². The Bertz CT molecular complexity index is 81.3. The molecule has 0 spiro atoms. The summed E-state index contributed by atoms with van der Waals surface area (Å²) < 4.78 is 5.57. The van der Waals surface area contributed by atoms with Gasteiger partial charge < -0.3 is 4.43 Å². The first-order valence-corrected chi connectivity index (χ1v) is 6.37. The van der Waals surface area contributed by atoms with Crippen LogP contribution in [0.3, 0.4) is 0 Å². The van der Waals surface area contributed by atoms with E-state index in [2.05, 4.69) is 33.9 Å². The Kier molecular flexibility index (Phi) is 5.00.